The molecule has 1 fully saturated rings. The molecule has 1 saturated heterocycles. The van der Waals surface area contributed by atoms with Gasteiger partial charge in [0.1, 0.15) is 5.75 Å². The van der Waals surface area contributed by atoms with E-state index in [1.807, 2.05) is 20.8 Å². The summed E-state index contributed by atoms with van der Waals surface area (Å²) >= 11 is 0. The molecule has 1 atom stereocenters. The van der Waals surface area contributed by atoms with E-state index in [9.17, 15) is 9.90 Å². The van der Waals surface area contributed by atoms with Gasteiger partial charge in [-0.3, -0.25) is 4.79 Å². The number of amides is 1. The number of carbonyl (C=O) groups is 1. The Bertz CT molecular complexity index is 456. The number of carbonyl (C=O) groups excluding carboxylic acids is 1. The smallest absolute Gasteiger partial charge is 0.257 e. The molecule has 4 nitrogen and oxygen atoms in total. The Morgan fingerprint density at radius 2 is 2.11 bits per heavy atom. The summed E-state index contributed by atoms with van der Waals surface area (Å²) in [6.07, 6.45) is 0.00329. The van der Waals surface area contributed by atoms with Gasteiger partial charge < -0.3 is 14.7 Å². The SMILES string of the molecule is CC1CN(C(=O)c2ccccc2O)CC(C)(C)O1. The van der Waals surface area contributed by atoms with Crippen LogP contribution in [0.4, 0.5) is 0 Å². The highest BCUT2D eigenvalue weighted by atomic mass is 16.5. The predicted molar refractivity (Wildman–Crippen MR) is 68.6 cm³/mol. The second-order valence-corrected chi connectivity index (χ2v) is 5.39. The van der Waals surface area contributed by atoms with Crippen molar-refractivity contribution in [2.24, 2.45) is 0 Å². The standard InChI is InChI=1S/C14H19NO3/c1-10-8-15(9-14(2,3)18-10)13(17)11-6-4-5-7-12(11)16/h4-7,10,16H,8-9H2,1-3H3. The molecule has 1 amide bonds. The van der Waals surface area contributed by atoms with E-state index in [0.29, 0.717) is 18.7 Å². The van der Waals surface area contributed by atoms with Crippen molar-refractivity contribution in [2.45, 2.75) is 32.5 Å². The minimum atomic E-state index is -0.349. The van der Waals surface area contributed by atoms with Gasteiger partial charge in [0.15, 0.2) is 0 Å². The van der Waals surface area contributed by atoms with Crippen LogP contribution in [0.25, 0.3) is 0 Å². The Balaban J connectivity index is 2.22. The molecule has 1 aliphatic rings. The molecule has 1 aromatic rings. The van der Waals surface area contributed by atoms with Gasteiger partial charge >= 0.3 is 0 Å². The number of aromatic hydroxyl groups is 1. The minimum Gasteiger partial charge on any atom is -0.507 e. The van der Waals surface area contributed by atoms with E-state index in [-0.39, 0.29) is 23.4 Å². The third kappa shape index (κ3) is 2.64. The van der Waals surface area contributed by atoms with Crippen LogP contribution in [0, 0.1) is 0 Å². The van der Waals surface area contributed by atoms with E-state index in [4.69, 9.17) is 4.74 Å². The first kappa shape index (κ1) is 12.9. The van der Waals surface area contributed by atoms with Crippen molar-refractivity contribution in [3.63, 3.8) is 0 Å². The second kappa shape index (κ2) is 4.61. The largest absolute Gasteiger partial charge is 0.507 e. The zero-order valence-electron chi connectivity index (χ0n) is 11.0. The van der Waals surface area contributed by atoms with Crippen LogP contribution >= 0.6 is 0 Å². The van der Waals surface area contributed by atoms with Crippen LogP contribution in [0.5, 0.6) is 5.75 Å². The fourth-order valence-electron chi connectivity index (χ4n) is 2.43. The van der Waals surface area contributed by atoms with E-state index in [2.05, 4.69) is 0 Å². The molecule has 0 spiro atoms. The fourth-order valence-corrected chi connectivity index (χ4v) is 2.43. The molecule has 0 bridgehead atoms. The Labute approximate surface area is 107 Å². The molecule has 4 heteroatoms. The number of ether oxygens (including phenoxy) is 1. The van der Waals surface area contributed by atoms with Crippen molar-refractivity contribution in [1.29, 1.82) is 0 Å². The summed E-state index contributed by atoms with van der Waals surface area (Å²) in [7, 11) is 0. The van der Waals surface area contributed by atoms with Gasteiger partial charge in [0.2, 0.25) is 0 Å². The Morgan fingerprint density at radius 3 is 2.72 bits per heavy atom. The molecule has 1 aliphatic heterocycles. The number of rotatable bonds is 1. The maximum Gasteiger partial charge on any atom is 0.257 e. The Morgan fingerprint density at radius 1 is 1.44 bits per heavy atom. The first-order chi connectivity index (χ1) is 8.39. The van der Waals surface area contributed by atoms with Crippen molar-refractivity contribution >= 4 is 5.91 Å². The maximum absolute atomic E-state index is 12.4. The monoisotopic (exact) mass is 249 g/mol. The molecule has 1 unspecified atom stereocenters. The third-order valence-corrected chi connectivity index (χ3v) is 2.99. The molecule has 98 valence electrons. The Hall–Kier alpha value is -1.55. The molecule has 1 N–H and O–H groups in total. The molecule has 0 aliphatic carbocycles. The van der Waals surface area contributed by atoms with E-state index in [0.717, 1.165) is 0 Å². The van der Waals surface area contributed by atoms with Crippen LogP contribution in [0.1, 0.15) is 31.1 Å². The summed E-state index contributed by atoms with van der Waals surface area (Å²) in [5, 5.41) is 9.73. The highest BCUT2D eigenvalue weighted by Gasteiger charge is 2.34. The van der Waals surface area contributed by atoms with Gasteiger partial charge in [0.25, 0.3) is 5.91 Å². The summed E-state index contributed by atoms with van der Waals surface area (Å²) in [5.41, 5.74) is -0.0000337. The lowest BCUT2D eigenvalue weighted by Gasteiger charge is -2.41. The molecular formula is C14H19NO3. The molecule has 2 rings (SSSR count). The number of nitrogens with zero attached hydrogens (tertiary/aromatic N) is 1. The second-order valence-electron chi connectivity index (χ2n) is 5.39. The van der Waals surface area contributed by atoms with Crippen molar-refractivity contribution in [3.8, 4) is 5.75 Å². The topological polar surface area (TPSA) is 49.8 Å². The van der Waals surface area contributed by atoms with Crippen molar-refractivity contribution in [2.75, 3.05) is 13.1 Å². The number of hydrogen-bond donors (Lipinski definition) is 1. The maximum atomic E-state index is 12.4. The molecule has 0 aromatic heterocycles. The minimum absolute atomic E-state index is 0.00329. The highest BCUT2D eigenvalue weighted by molar-refractivity contribution is 5.96. The number of hydrogen-bond acceptors (Lipinski definition) is 3. The lowest BCUT2D eigenvalue weighted by Crippen LogP contribution is -2.53. The van der Waals surface area contributed by atoms with Gasteiger partial charge in [-0.25, -0.2) is 0 Å². The van der Waals surface area contributed by atoms with Gasteiger partial charge in [0, 0.05) is 13.1 Å². The number of phenolic OH excluding ortho intramolecular Hbond substituents is 1. The van der Waals surface area contributed by atoms with Crippen molar-refractivity contribution < 1.29 is 14.6 Å². The molecule has 1 aromatic carbocycles. The quantitative estimate of drug-likeness (QED) is 0.828. The van der Waals surface area contributed by atoms with E-state index in [1.54, 1.807) is 23.1 Å². The summed E-state index contributed by atoms with van der Waals surface area (Å²) in [6.45, 7) is 6.97. The molecule has 0 saturated carbocycles. The Kier molecular flexibility index (Phi) is 3.30. The zero-order valence-corrected chi connectivity index (χ0v) is 11.0. The third-order valence-electron chi connectivity index (χ3n) is 2.99. The van der Waals surface area contributed by atoms with E-state index in [1.165, 1.54) is 6.07 Å². The average molecular weight is 249 g/mol. The van der Waals surface area contributed by atoms with Crippen LogP contribution in [-0.4, -0.2) is 40.7 Å². The molecule has 18 heavy (non-hydrogen) atoms. The van der Waals surface area contributed by atoms with E-state index >= 15 is 0 Å². The average Bonchev–Trinajstić information content (AvgIpc) is 2.26. The van der Waals surface area contributed by atoms with Gasteiger partial charge in [-0.05, 0) is 32.9 Å². The van der Waals surface area contributed by atoms with Crippen molar-refractivity contribution in [3.05, 3.63) is 29.8 Å². The van der Waals surface area contributed by atoms with Crippen LogP contribution in [0.15, 0.2) is 24.3 Å². The van der Waals surface area contributed by atoms with Crippen LogP contribution in [0.3, 0.4) is 0 Å². The van der Waals surface area contributed by atoms with Gasteiger partial charge in [0.05, 0.1) is 17.3 Å². The van der Waals surface area contributed by atoms with Crippen LogP contribution < -0.4 is 0 Å². The summed E-state index contributed by atoms with van der Waals surface area (Å²) in [6, 6.07) is 6.63. The molecule has 1 heterocycles. The summed E-state index contributed by atoms with van der Waals surface area (Å²) in [4.78, 5) is 14.1. The van der Waals surface area contributed by atoms with Crippen molar-refractivity contribution in [1.82, 2.24) is 4.90 Å². The van der Waals surface area contributed by atoms with Gasteiger partial charge in [-0.1, -0.05) is 12.1 Å². The van der Waals surface area contributed by atoms with Gasteiger partial charge in [-0.15, -0.1) is 0 Å². The summed E-state index contributed by atoms with van der Waals surface area (Å²) < 4.78 is 5.76. The number of phenols is 1. The summed E-state index contributed by atoms with van der Waals surface area (Å²) in [5.74, 6) is -0.115. The first-order valence-electron chi connectivity index (χ1n) is 6.14. The normalized spacial score (nSPS) is 22.8. The van der Waals surface area contributed by atoms with Gasteiger partial charge in [-0.2, -0.15) is 0 Å². The van der Waals surface area contributed by atoms with Crippen LogP contribution in [0.2, 0.25) is 0 Å². The lowest BCUT2D eigenvalue weighted by atomic mass is 10.0. The predicted octanol–water partition coefficient (Wildman–Crippen LogP) is 2.03. The number of para-hydroxylation sites is 1. The first-order valence-corrected chi connectivity index (χ1v) is 6.14. The molecular weight excluding hydrogens is 230 g/mol. The molecule has 0 radical (unpaired) electrons. The fraction of sp³-hybridized carbons (Fsp3) is 0.500. The lowest BCUT2D eigenvalue weighted by molar-refractivity contribution is -0.118. The van der Waals surface area contributed by atoms with Crippen LogP contribution in [-0.2, 0) is 4.74 Å². The number of morpholine rings is 1. The zero-order chi connectivity index (χ0) is 13.3. The van der Waals surface area contributed by atoms with E-state index < -0.39 is 0 Å². The number of benzene rings is 1. The highest BCUT2D eigenvalue weighted by Crippen LogP contribution is 2.24.